The molecule has 8 N–H and O–H groups in total. The van der Waals surface area contributed by atoms with Crippen LogP contribution in [0.3, 0.4) is 0 Å². The van der Waals surface area contributed by atoms with Gasteiger partial charge in [-0.1, -0.05) is 60.7 Å². The Kier molecular flexibility index (Phi) is 11.5. The molecular weight excluding hydrogens is 578 g/mol. The number of carbonyl (C=O) groups is 5. The molecule has 1 unspecified atom stereocenters. The third-order valence-corrected chi connectivity index (χ3v) is 8.20. The van der Waals surface area contributed by atoms with Gasteiger partial charge in [0.1, 0.15) is 24.2 Å². The van der Waals surface area contributed by atoms with Gasteiger partial charge in [0.2, 0.25) is 23.6 Å². The lowest BCUT2D eigenvalue weighted by Crippen LogP contribution is -2.60. The van der Waals surface area contributed by atoms with E-state index in [1.54, 1.807) is 30.3 Å². The van der Waals surface area contributed by atoms with Gasteiger partial charge in [0, 0.05) is 19.0 Å². The molecule has 5 atom stereocenters. The predicted octanol–water partition coefficient (Wildman–Crippen LogP) is 0.427. The quantitative estimate of drug-likeness (QED) is 0.0894. The zero-order valence-electron chi connectivity index (χ0n) is 25.0. The molecule has 13 heteroatoms. The van der Waals surface area contributed by atoms with Gasteiger partial charge in [0.05, 0.1) is 6.42 Å². The number of carbonyl (C=O) groups excluding carboxylic acids is 4. The first-order chi connectivity index (χ1) is 21.6. The molecule has 0 bridgehead atoms. The summed E-state index contributed by atoms with van der Waals surface area (Å²) in [4.78, 5) is 66.8. The fourth-order valence-electron chi connectivity index (χ4n) is 5.97. The Labute approximate surface area is 261 Å². The highest BCUT2D eigenvalue weighted by Crippen LogP contribution is 2.33. The number of aliphatic carboxylic acids is 1. The number of hydrogen-bond acceptors (Lipinski definition) is 6. The lowest BCUT2D eigenvalue weighted by molar-refractivity contribution is -0.147. The summed E-state index contributed by atoms with van der Waals surface area (Å²) in [5.74, 6) is -3.24. The second-order valence-electron chi connectivity index (χ2n) is 11.5. The molecule has 2 fully saturated rings. The number of benzene rings is 2. The van der Waals surface area contributed by atoms with E-state index in [4.69, 9.17) is 11.1 Å². The number of rotatable bonds is 14. The van der Waals surface area contributed by atoms with E-state index < -0.39 is 42.0 Å². The zero-order valence-corrected chi connectivity index (χ0v) is 25.0. The summed E-state index contributed by atoms with van der Waals surface area (Å²) in [6, 6.07) is 14.0. The number of hydrogen-bond donors (Lipinski definition) is 7. The molecule has 0 radical (unpaired) electrons. The molecule has 0 aromatic heterocycles. The van der Waals surface area contributed by atoms with Crippen LogP contribution >= 0.6 is 0 Å². The summed E-state index contributed by atoms with van der Waals surface area (Å²) in [5, 5.41) is 27.9. The Balaban J connectivity index is 1.42. The topological polar surface area (TPSA) is 207 Å². The lowest BCUT2D eigenvalue weighted by Gasteiger charge is -2.38. The van der Waals surface area contributed by atoms with Crippen molar-refractivity contribution in [2.75, 3.05) is 6.54 Å². The SMILES string of the molecule is N=C(N)NCCC[C@H](NC(=O)[C@@H]1CC[C@@H]2CCC(NC(=O)Cc3ccccc3)C(=O)N21)C(=O)N[C@@H](Cc1ccccc1)C(=O)O. The Morgan fingerprint density at radius 1 is 0.911 bits per heavy atom. The van der Waals surface area contributed by atoms with Gasteiger partial charge in [-0.3, -0.25) is 24.6 Å². The van der Waals surface area contributed by atoms with E-state index in [0.717, 1.165) is 11.1 Å². The summed E-state index contributed by atoms with van der Waals surface area (Å²) in [7, 11) is 0. The van der Waals surface area contributed by atoms with Crippen molar-refractivity contribution in [3.8, 4) is 0 Å². The van der Waals surface area contributed by atoms with Crippen molar-refractivity contribution in [1.82, 2.24) is 26.2 Å². The van der Waals surface area contributed by atoms with Gasteiger partial charge >= 0.3 is 5.97 Å². The van der Waals surface area contributed by atoms with Crippen LogP contribution < -0.4 is 27.0 Å². The van der Waals surface area contributed by atoms with Crippen molar-refractivity contribution in [2.24, 2.45) is 5.73 Å². The smallest absolute Gasteiger partial charge is 0.326 e. The van der Waals surface area contributed by atoms with E-state index in [1.165, 1.54) is 4.90 Å². The van der Waals surface area contributed by atoms with Gasteiger partial charge in [-0.25, -0.2) is 4.79 Å². The molecule has 13 nitrogen and oxygen atoms in total. The van der Waals surface area contributed by atoms with E-state index in [9.17, 15) is 29.1 Å². The van der Waals surface area contributed by atoms with Gasteiger partial charge < -0.3 is 37.0 Å². The number of nitrogens with one attached hydrogen (secondary N) is 5. The zero-order chi connectivity index (χ0) is 32.3. The minimum Gasteiger partial charge on any atom is -0.480 e. The summed E-state index contributed by atoms with van der Waals surface area (Å²) >= 11 is 0. The normalized spacial score (nSPS) is 20.3. The Bertz CT molecular complexity index is 1370. The van der Waals surface area contributed by atoms with Gasteiger partial charge in [-0.2, -0.15) is 0 Å². The number of fused-ring (bicyclic) bond motifs is 1. The van der Waals surface area contributed by atoms with Gasteiger partial charge in [-0.05, 0) is 49.7 Å². The second-order valence-corrected chi connectivity index (χ2v) is 11.5. The summed E-state index contributed by atoms with van der Waals surface area (Å²) in [6.07, 6.45) is 2.79. The highest BCUT2D eigenvalue weighted by atomic mass is 16.4. The average Bonchev–Trinajstić information content (AvgIpc) is 3.45. The summed E-state index contributed by atoms with van der Waals surface area (Å²) in [5.41, 5.74) is 6.90. The fourth-order valence-corrected chi connectivity index (χ4v) is 5.97. The van der Waals surface area contributed by atoms with Crippen molar-refractivity contribution in [3.05, 3.63) is 71.8 Å². The molecule has 2 saturated heterocycles. The van der Waals surface area contributed by atoms with E-state index in [0.29, 0.717) is 32.1 Å². The minimum atomic E-state index is -1.23. The standard InChI is InChI=1S/C32H41N7O6/c33-32(34)35-17-7-12-23(28(41)38-25(31(44)45)18-20-8-3-1-4-9-20)37-29(42)26-16-14-22-13-15-24(30(43)39(22)26)36-27(40)19-21-10-5-2-6-11-21/h1-6,8-11,22-26H,7,12-19H2,(H,36,40)(H,37,42)(H,38,41)(H,44,45)(H4,33,34,35)/t22-,23-,24?,25-,26-/m0/s1. The van der Waals surface area contributed by atoms with Crippen molar-refractivity contribution in [2.45, 2.75) is 81.6 Å². The van der Waals surface area contributed by atoms with E-state index >= 15 is 0 Å². The van der Waals surface area contributed by atoms with Gasteiger partial charge in [0.15, 0.2) is 5.96 Å². The first kappa shape index (κ1) is 33.0. The van der Waals surface area contributed by atoms with E-state index in [2.05, 4.69) is 21.3 Å². The molecular formula is C32H41N7O6. The Morgan fingerprint density at radius 3 is 2.20 bits per heavy atom. The van der Waals surface area contributed by atoms with Crippen LogP contribution in [0.25, 0.3) is 0 Å². The third-order valence-electron chi connectivity index (χ3n) is 8.20. The molecule has 2 aliphatic rings. The number of amides is 4. The second kappa shape index (κ2) is 15.7. The van der Waals surface area contributed by atoms with Crippen molar-refractivity contribution in [3.63, 3.8) is 0 Å². The Morgan fingerprint density at radius 2 is 1.56 bits per heavy atom. The molecule has 4 rings (SSSR count). The first-order valence-electron chi connectivity index (χ1n) is 15.2. The number of carboxylic acid groups (broad SMARTS) is 1. The highest BCUT2D eigenvalue weighted by Gasteiger charge is 2.46. The van der Waals surface area contributed by atoms with Crippen molar-refractivity contribution >= 4 is 35.6 Å². The molecule has 0 spiro atoms. The number of guanidine groups is 1. The van der Waals surface area contributed by atoms with Gasteiger partial charge in [0.25, 0.3) is 0 Å². The van der Waals surface area contributed by atoms with Crippen LogP contribution in [0.15, 0.2) is 60.7 Å². The monoisotopic (exact) mass is 619 g/mol. The highest BCUT2D eigenvalue weighted by molar-refractivity contribution is 5.96. The minimum absolute atomic E-state index is 0.0540. The number of carboxylic acids is 1. The molecule has 2 aliphatic heterocycles. The van der Waals surface area contributed by atoms with Crippen LogP contribution in [0.5, 0.6) is 0 Å². The molecule has 0 aliphatic carbocycles. The van der Waals surface area contributed by atoms with Crippen molar-refractivity contribution < 1.29 is 29.1 Å². The summed E-state index contributed by atoms with van der Waals surface area (Å²) in [6.45, 7) is 0.266. The maximum Gasteiger partial charge on any atom is 0.326 e. The molecule has 2 heterocycles. The van der Waals surface area contributed by atoms with Crippen LogP contribution in [-0.4, -0.2) is 82.3 Å². The molecule has 0 saturated carbocycles. The van der Waals surface area contributed by atoms with Crippen LogP contribution in [0.2, 0.25) is 0 Å². The lowest BCUT2D eigenvalue weighted by atomic mass is 9.97. The van der Waals surface area contributed by atoms with Crippen LogP contribution in [0.4, 0.5) is 0 Å². The molecule has 2 aromatic carbocycles. The molecule has 2 aromatic rings. The Hall–Kier alpha value is -4.94. The number of nitrogens with two attached hydrogens (primary N) is 1. The number of nitrogens with zero attached hydrogens (tertiary/aromatic N) is 1. The molecule has 240 valence electrons. The van der Waals surface area contributed by atoms with Gasteiger partial charge in [-0.15, -0.1) is 0 Å². The maximum absolute atomic E-state index is 13.6. The largest absolute Gasteiger partial charge is 0.480 e. The number of piperidine rings is 1. The van der Waals surface area contributed by atoms with Crippen LogP contribution in [0, 0.1) is 5.41 Å². The third kappa shape index (κ3) is 9.27. The van der Waals surface area contributed by atoms with Crippen LogP contribution in [-0.2, 0) is 36.8 Å². The summed E-state index contributed by atoms with van der Waals surface area (Å²) < 4.78 is 0. The molecule has 45 heavy (non-hydrogen) atoms. The maximum atomic E-state index is 13.6. The van der Waals surface area contributed by atoms with E-state index in [-0.39, 0.29) is 49.6 Å². The predicted molar refractivity (Wildman–Crippen MR) is 166 cm³/mol. The van der Waals surface area contributed by atoms with Crippen LogP contribution in [0.1, 0.15) is 49.7 Å². The fraction of sp³-hybridized carbons (Fsp3) is 0.438. The van der Waals surface area contributed by atoms with E-state index in [1.807, 2.05) is 30.3 Å². The molecule has 4 amide bonds. The average molecular weight is 620 g/mol. The van der Waals surface area contributed by atoms with Crippen molar-refractivity contribution in [1.29, 1.82) is 5.41 Å². The first-order valence-corrected chi connectivity index (χ1v) is 15.2.